The van der Waals surface area contributed by atoms with Gasteiger partial charge in [0, 0.05) is 30.0 Å². The van der Waals surface area contributed by atoms with Crippen molar-refractivity contribution in [2.45, 2.75) is 25.8 Å². The monoisotopic (exact) mass is 348 g/mol. The van der Waals surface area contributed by atoms with Crippen molar-refractivity contribution in [2.24, 2.45) is 0 Å². The number of hydrogen-bond donors (Lipinski definition) is 2. The Kier molecular flexibility index (Phi) is 4.44. The fourth-order valence-electron chi connectivity index (χ4n) is 4.24. The van der Waals surface area contributed by atoms with Crippen molar-refractivity contribution in [2.75, 3.05) is 26.2 Å². The van der Waals surface area contributed by atoms with Crippen molar-refractivity contribution in [3.05, 3.63) is 47.6 Å². The van der Waals surface area contributed by atoms with Crippen LogP contribution in [0.2, 0.25) is 0 Å². The van der Waals surface area contributed by atoms with Gasteiger partial charge < -0.3 is 15.0 Å². The maximum absolute atomic E-state index is 10.6. The molecule has 1 aromatic carbocycles. The number of aromatic nitrogens is 1. The molecule has 3 heterocycles. The Bertz CT molecular complexity index is 918. The van der Waals surface area contributed by atoms with Gasteiger partial charge in [0.2, 0.25) is 0 Å². The number of nitrogens with one attached hydrogen (secondary N) is 1. The van der Waals surface area contributed by atoms with Gasteiger partial charge in [-0.05, 0) is 50.2 Å². The van der Waals surface area contributed by atoms with Crippen LogP contribution in [-0.4, -0.2) is 52.1 Å². The Morgan fingerprint density at radius 3 is 3.08 bits per heavy atom. The molecule has 0 saturated carbocycles. The standard InChI is InChI=1S/C21H24N4O/c1-2-24-11-5-6-16(24)14-25-10-4-3-7-19(25)20-17-12-15(13-22)8-9-18(17)23-21(20)26/h3-4,7-9,12,16,23,26H,2,5-6,10-11,14H2,1H3. The van der Waals surface area contributed by atoms with Crippen LogP contribution < -0.4 is 0 Å². The highest BCUT2D eigenvalue weighted by molar-refractivity contribution is 5.96. The number of allylic oxidation sites excluding steroid dienone is 2. The predicted molar refractivity (Wildman–Crippen MR) is 104 cm³/mol. The molecular weight excluding hydrogens is 324 g/mol. The minimum atomic E-state index is 0.167. The molecule has 1 atom stereocenters. The van der Waals surface area contributed by atoms with Gasteiger partial charge in [-0.2, -0.15) is 5.26 Å². The van der Waals surface area contributed by atoms with Crippen molar-refractivity contribution < 1.29 is 5.11 Å². The summed E-state index contributed by atoms with van der Waals surface area (Å²) in [6, 6.07) is 8.23. The maximum atomic E-state index is 10.6. The number of rotatable bonds is 4. The molecule has 1 fully saturated rings. The average molecular weight is 348 g/mol. The second kappa shape index (κ2) is 6.89. The molecule has 2 N–H and O–H groups in total. The molecule has 0 bridgehead atoms. The molecule has 1 aromatic heterocycles. The van der Waals surface area contributed by atoms with Crippen LogP contribution in [0.3, 0.4) is 0 Å². The van der Waals surface area contributed by atoms with Gasteiger partial charge in [-0.15, -0.1) is 0 Å². The van der Waals surface area contributed by atoms with Gasteiger partial charge in [0.05, 0.1) is 22.9 Å². The zero-order valence-electron chi connectivity index (χ0n) is 15.1. The maximum Gasteiger partial charge on any atom is 0.199 e. The largest absolute Gasteiger partial charge is 0.494 e. The van der Waals surface area contributed by atoms with E-state index in [0.717, 1.165) is 41.8 Å². The Labute approximate surface area is 153 Å². The van der Waals surface area contributed by atoms with E-state index < -0.39 is 0 Å². The van der Waals surface area contributed by atoms with Gasteiger partial charge in [0.1, 0.15) is 0 Å². The number of hydrogen-bond acceptors (Lipinski definition) is 4. The van der Waals surface area contributed by atoms with E-state index in [1.165, 1.54) is 19.4 Å². The fraction of sp³-hybridized carbons (Fsp3) is 0.381. The molecule has 0 aliphatic carbocycles. The van der Waals surface area contributed by atoms with E-state index in [0.29, 0.717) is 11.6 Å². The first-order valence-electron chi connectivity index (χ1n) is 9.32. The van der Waals surface area contributed by atoms with Crippen LogP contribution in [0.5, 0.6) is 5.88 Å². The summed E-state index contributed by atoms with van der Waals surface area (Å²) in [5, 5.41) is 20.7. The Morgan fingerprint density at radius 2 is 2.27 bits per heavy atom. The number of aromatic amines is 1. The molecule has 2 aliphatic rings. The lowest BCUT2D eigenvalue weighted by molar-refractivity contribution is 0.223. The van der Waals surface area contributed by atoms with Crippen LogP contribution in [0.1, 0.15) is 30.9 Å². The van der Waals surface area contributed by atoms with E-state index in [-0.39, 0.29) is 5.88 Å². The van der Waals surface area contributed by atoms with Crippen LogP contribution in [0.25, 0.3) is 16.6 Å². The third-order valence-corrected chi connectivity index (χ3v) is 5.56. The summed E-state index contributed by atoms with van der Waals surface area (Å²) >= 11 is 0. The van der Waals surface area contributed by atoms with Crippen LogP contribution in [0.15, 0.2) is 36.4 Å². The van der Waals surface area contributed by atoms with E-state index in [4.69, 9.17) is 0 Å². The highest BCUT2D eigenvalue weighted by Crippen LogP contribution is 2.37. The third-order valence-electron chi connectivity index (χ3n) is 5.56. The number of nitrogens with zero attached hydrogens (tertiary/aromatic N) is 3. The van der Waals surface area contributed by atoms with E-state index >= 15 is 0 Å². The van der Waals surface area contributed by atoms with Crippen molar-refractivity contribution in [1.29, 1.82) is 5.26 Å². The summed E-state index contributed by atoms with van der Waals surface area (Å²) in [5.41, 5.74) is 3.27. The summed E-state index contributed by atoms with van der Waals surface area (Å²) in [7, 11) is 0. The lowest BCUT2D eigenvalue weighted by Crippen LogP contribution is -2.40. The molecule has 0 amide bonds. The second-order valence-corrected chi connectivity index (χ2v) is 7.03. The molecule has 0 spiro atoms. The first-order chi connectivity index (χ1) is 12.7. The summed E-state index contributed by atoms with van der Waals surface area (Å²) < 4.78 is 0. The van der Waals surface area contributed by atoms with E-state index in [9.17, 15) is 10.4 Å². The van der Waals surface area contributed by atoms with Gasteiger partial charge in [-0.3, -0.25) is 4.90 Å². The van der Waals surface area contributed by atoms with Crippen molar-refractivity contribution in [3.8, 4) is 11.9 Å². The minimum Gasteiger partial charge on any atom is -0.494 e. The first kappa shape index (κ1) is 16.7. The first-order valence-corrected chi connectivity index (χ1v) is 9.32. The SMILES string of the molecule is CCN1CCCC1CN1CC=CC=C1c1c(O)[nH]c2ccc(C#N)cc12. The lowest BCUT2D eigenvalue weighted by atomic mass is 10.0. The predicted octanol–water partition coefficient (Wildman–Crippen LogP) is 3.44. The number of nitriles is 1. The molecule has 1 saturated heterocycles. The Morgan fingerprint density at radius 1 is 1.38 bits per heavy atom. The molecule has 5 nitrogen and oxygen atoms in total. The summed E-state index contributed by atoms with van der Waals surface area (Å²) in [5.74, 6) is 0.167. The molecule has 134 valence electrons. The molecule has 26 heavy (non-hydrogen) atoms. The molecule has 5 heteroatoms. The van der Waals surface area contributed by atoms with Crippen molar-refractivity contribution in [1.82, 2.24) is 14.8 Å². The molecule has 2 aromatic rings. The van der Waals surface area contributed by atoms with E-state index in [1.54, 1.807) is 6.07 Å². The molecule has 2 aliphatic heterocycles. The minimum absolute atomic E-state index is 0.167. The third kappa shape index (κ3) is 2.87. The van der Waals surface area contributed by atoms with Gasteiger partial charge in [-0.25, -0.2) is 0 Å². The molecular formula is C21H24N4O. The van der Waals surface area contributed by atoms with Crippen LogP contribution in [0.4, 0.5) is 0 Å². The Balaban J connectivity index is 1.72. The van der Waals surface area contributed by atoms with Crippen LogP contribution in [0, 0.1) is 11.3 Å². The quantitative estimate of drug-likeness (QED) is 0.888. The van der Waals surface area contributed by atoms with Crippen molar-refractivity contribution in [3.63, 3.8) is 0 Å². The van der Waals surface area contributed by atoms with Gasteiger partial charge in [0.15, 0.2) is 5.88 Å². The number of benzene rings is 1. The highest BCUT2D eigenvalue weighted by Gasteiger charge is 2.28. The van der Waals surface area contributed by atoms with Crippen molar-refractivity contribution >= 4 is 16.6 Å². The fourth-order valence-corrected chi connectivity index (χ4v) is 4.24. The number of aromatic hydroxyl groups is 1. The second-order valence-electron chi connectivity index (χ2n) is 7.03. The zero-order chi connectivity index (χ0) is 18.1. The van der Waals surface area contributed by atoms with Gasteiger partial charge in [-0.1, -0.05) is 19.1 Å². The summed E-state index contributed by atoms with van der Waals surface area (Å²) in [6.45, 7) is 6.27. The highest BCUT2D eigenvalue weighted by atomic mass is 16.3. The number of fused-ring (bicyclic) bond motifs is 1. The lowest BCUT2D eigenvalue weighted by Gasteiger charge is -2.34. The summed E-state index contributed by atoms with van der Waals surface area (Å²) in [4.78, 5) is 7.94. The molecule has 0 radical (unpaired) electrons. The molecule has 1 unspecified atom stereocenters. The van der Waals surface area contributed by atoms with Crippen LogP contribution in [-0.2, 0) is 0 Å². The topological polar surface area (TPSA) is 66.3 Å². The van der Waals surface area contributed by atoms with E-state index in [2.05, 4.69) is 39.9 Å². The van der Waals surface area contributed by atoms with Crippen LogP contribution >= 0.6 is 0 Å². The number of H-pyrrole nitrogens is 1. The normalized spacial score (nSPS) is 20.5. The Hall–Kier alpha value is -2.71. The van der Waals surface area contributed by atoms with E-state index in [1.807, 2.05) is 18.2 Å². The average Bonchev–Trinajstić information content (AvgIpc) is 3.24. The smallest absolute Gasteiger partial charge is 0.199 e. The number of likely N-dealkylation sites (N-methyl/N-ethyl adjacent to an activating group) is 1. The summed E-state index contributed by atoms with van der Waals surface area (Å²) in [6.07, 6.45) is 8.74. The number of likely N-dealkylation sites (tertiary alicyclic amines) is 1. The molecule has 4 rings (SSSR count). The van der Waals surface area contributed by atoms with Gasteiger partial charge >= 0.3 is 0 Å². The van der Waals surface area contributed by atoms with Gasteiger partial charge in [0.25, 0.3) is 0 Å². The zero-order valence-corrected chi connectivity index (χ0v) is 15.1.